The van der Waals surface area contributed by atoms with Crippen molar-refractivity contribution in [3.8, 4) is 0 Å². The maximum Gasteiger partial charge on any atom is 0.246 e. The van der Waals surface area contributed by atoms with Gasteiger partial charge in [-0.1, -0.05) is 36.9 Å². The summed E-state index contributed by atoms with van der Waals surface area (Å²) in [7, 11) is 0. The number of benzene rings is 1. The van der Waals surface area contributed by atoms with Crippen LogP contribution in [0.4, 0.5) is 0 Å². The molecule has 2 saturated heterocycles. The largest absolute Gasteiger partial charge is 0.373 e. The van der Waals surface area contributed by atoms with Crippen LogP contribution in [0.3, 0.4) is 0 Å². The van der Waals surface area contributed by atoms with Crippen LogP contribution >= 0.6 is 0 Å². The second kappa shape index (κ2) is 8.99. The Labute approximate surface area is 155 Å². The summed E-state index contributed by atoms with van der Waals surface area (Å²) in [5.41, 5.74) is 1.18. The fourth-order valence-electron chi connectivity index (χ4n) is 3.85. The molecular formula is C21H28N2O3. The molecule has 2 aliphatic rings. The summed E-state index contributed by atoms with van der Waals surface area (Å²) in [6.45, 7) is 6.39. The van der Waals surface area contributed by atoms with E-state index in [9.17, 15) is 9.59 Å². The molecule has 0 spiro atoms. The van der Waals surface area contributed by atoms with Crippen LogP contribution in [0, 0.1) is 0 Å². The van der Waals surface area contributed by atoms with Crippen molar-refractivity contribution in [2.75, 3.05) is 19.6 Å². The Bertz CT molecular complexity index is 623. The number of nitrogens with zero attached hydrogens (tertiary/aromatic N) is 2. The minimum absolute atomic E-state index is 0.0278. The van der Waals surface area contributed by atoms with Gasteiger partial charge in [-0.05, 0) is 37.3 Å². The highest BCUT2D eigenvalue weighted by Crippen LogP contribution is 2.23. The average Bonchev–Trinajstić information content (AvgIpc) is 3.15. The van der Waals surface area contributed by atoms with Crippen LogP contribution in [-0.2, 0) is 20.9 Å². The molecule has 26 heavy (non-hydrogen) atoms. The lowest BCUT2D eigenvalue weighted by atomic mass is 10.1. The van der Waals surface area contributed by atoms with Gasteiger partial charge in [0.25, 0.3) is 0 Å². The van der Waals surface area contributed by atoms with Gasteiger partial charge in [0.1, 0.15) is 0 Å². The molecule has 2 aliphatic heterocycles. The normalized spacial score (nSPS) is 21.0. The number of likely N-dealkylation sites (tertiary alicyclic amines) is 2. The fraction of sp³-hybridized carbons (Fsp3) is 0.524. The first kappa shape index (κ1) is 18.6. The molecule has 2 fully saturated rings. The molecule has 0 aromatic heterocycles. The van der Waals surface area contributed by atoms with Gasteiger partial charge in [0.2, 0.25) is 11.8 Å². The zero-order valence-corrected chi connectivity index (χ0v) is 15.3. The summed E-state index contributed by atoms with van der Waals surface area (Å²) in [6, 6.07) is 10.2. The summed E-state index contributed by atoms with van der Waals surface area (Å²) in [6.07, 6.45) is 5.60. The first-order valence-electron chi connectivity index (χ1n) is 9.53. The average molecular weight is 356 g/mol. The maximum atomic E-state index is 12.6. The van der Waals surface area contributed by atoms with Crippen molar-refractivity contribution >= 4 is 11.8 Å². The molecule has 0 saturated carbocycles. The molecule has 2 heterocycles. The van der Waals surface area contributed by atoms with Crippen molar-refractivity contribution in [1.82, 2.24) is 9.80 Å². The van der Waals surface area contributed by atoms with Crippen LogP contribution in [0.2, 0.25) is 0 Å². The topological polar surface area (TPSA) is 49.9 Å². The molecule has 0 radical (unpaired) electrons. The van der Waals surface area contributed by atoms with E-state index in [0.29, 0.717) is 13.0 Å². The van der Waals surface area contributed by atoms with Gasteiger partial charge >= 0.3 is 0 Å². The van der Waals surface area contributed by atoms with Crippen molar-refractivity contribution in [1.29, 1.82) is 0 Å². The molecule has 3 rings (SSSR count). The van der Waals surface area contributed by atoms with Crippen molar-refractivity contribution < 1.29 is 14.3 Å². The highest BCUT2D eigenvalue weighted by molar-refractivity contribution is 5.88. The molecule has 0 bridgehead atoms. The number of hydrogen-bond acceptors (Lipinski definition) is 3. The highest BCUT2D eigenvalue weighted by atomic mass is 16.5. The smallest absolute Gasteiger partial charge is 0.246 e. The summed E-state index contributed by atoms with van der Waals surface area (Å²) in [5, 5.41) is 0. The Kier molecular flexibility index (Phi) is 6.45. The number of rotatable bonds is 6. The van der Waals surface area contributed by atoms with Gasteiger partial charge in [-0.2, -0.15) is 0 Å². The van der Waals surface area contributed by atoms with E-state index >= 15 is 0 Å². The molecule has 5 nitrogen and oxygen atoms in total. The van der Waals surface area contributed by atoms with Gasteiger partial charge in [-0.15, -0.1) is 0 Å². The third-order valence-corrected chi connectivity index (χ3v) is 5.37. The van der Waals surface area contributed by atoms with Crippen LogP contribution in [-0.4, -0.2) is 53.4 Å². The van der Waals surface area contributed by atoms with Gasteiger partial charge in [-0.25, -0.2) is 0 Å². The molecule has 1 atom stereocenters. The molecule has 1 aromatic carbocycles. The van der Waals surface area contributed by atoms with Crippen molar-refractivity contribution in [3.05, 3.63) is 48.6 Å². The van der Waals surface area contributed by atoms with Crippen LogP contribution in [0.25, 0.3) is 0 Å². The Morgan fingerprint density at radius 1 is 1.12 bits per heavy atom. The molecule has 0 aliphatic carbocycles. The van der Waals surface area contributed by atoms with Crippen molar-refractivity contribution in [3.63, 3.8) is 0 Å². The lowest BCUT2D eigenvalue weighted by Crippen LogP contribution is -2.44. The summed E-state index contributed by atoms with van der Waals surface area (Å²) < 4.78 is 5.99. The number of carbonyl (C=O) groups is 2. The zero-order valence-electron chi connectivity index (χ0n) is 15.3. The highest BCUT2D eigenvalue weighted by Gasteiger charge is 2.31. The van der Waals surface area contributed by atoms with E-state index in [4.69, 9.17) is 4.74 Å². The van der Waals surface area contributed by atoms with E-state index in [2.05, 4.69) is 18.7 Å². The van der Waals surface area contributed by atoms with Gasteiger partial charge in [-0.3, -0.25) is 9.59 Å². The first-order chi connectivity index (χ1) is 12.7. The third kappa shape index (κ3) is 4.73. The molecule has 1 aromatic rings. The van der Waals surface area contributed by atoms with E-state index in [-0.39, 0.29) is 24.0 Å². The van der Waals surface area contributed by atoms with Gasteiger partial charge in [0.05, 0.1) is 12.7 Å². The molecule has 5 heteroatoms. The van der Waals surface area contributed by atoms with Crippen molar-refractivity contribution in [2.45, 2.75) is 50.9 Å². The molecule has 0 N–H and O–H groups in total. The predicted molar refractivity (Wildman–Crippen MR) is 100 cm³/mol. The zero-order chi connectivity index (χ0) is 18.4. The summed E-state index contributed by atoms with van der Waals surface area (Å²) in [5.74, 6) is 0.0913. The Morgan fingerprint density at radius 3 is 2.54 bits per heavy atom. The van der Waals surface area contributed by atoms with Crippen molar-refractivity contribution in [2.24, 2.45) is 0 Å². The van der Waals surface area contributed by atoms with E-state index < -0.39 is 0 Å². The lowest BCUT2D eigenvalue weighted by Gasteiger charge is -2.33. The van der Waals surface area contributed by atoms with E-state index in [1.165, 1.54) is 11.6 Å². The number of hydrogen-bond donors (Lipinski definition) is 0. The SMILES string of the molecule is C=CC(=O)N1CCCC1CC(=O)N1CCC(OCc2ccccc2)CC1. The second-order valence-corrected chi connectivity index (χ2v) is 7.11. The van der Waals surface area contributed by atoms with Crippen LogP contribution < -0.4 is 0 Å². The van der Waals surface area contributed by atoms with Crippen LogP contribution in [0.1, 0.15) is 37.7 Å². The minimum atomic E-state index is -0.0617. The van der Waals surface area contributed by atoms with Gasteiger partial charge in [0.15, 0.2) is 0 Å². The van der Waals surface area contributed by atoms with Gasteiger partial charge in [0, 0.05) is 32.1 Å². The summed E-state index contributed by atoms with van der Waals surface area (Å²) in [4.78, 5) is 28.2. The van der Waals surface area contributed by atoms with E-state index in [1.807, 2.05) is 23.1 Å². The Hall–Kier alpha value is -2.14. The monoisotopic (exact) mass is 356 g/mol. The Morgan fingerprint density at radius 2 is 1.85 bits per heavy atom. The number of carbonyl (C=O) groups excluding carboxylic acids is 2. The third-order valence-electron chi connectivity index (χ3n) is 5.37. The van der Waals surface area contributed by atoms with E-state index in [1.54, 1.807) is 4.90 Å². The summed E-state index contributed by atoms with van der Waals surface area (Å²) >= 11 is 0. The van der Waals surface area contributed by atoms with E-state index in [0.717, 1.165) is 45.3 Å². The fourth-order valence-corrected chi connectivity index (χ4v) is 3.85. The maximum absolute atomic E-state index is 12.6. The van der Waals surface area contributed by atoms with Crippen LogP contribution in [0.15, 0.2) is 43.0 Å². The Balaban J connectivity index is 1.42. The number of ether oxygens (including phenoxy) is 1. The molecule has 140 valence electrons. The first-order valence-corrected chi connectivity index (χ1v) is 9.53. The molecular weight excluding hydrogens is 328 g/mol. The predicted octanol–water partition coefficient (Wildman–Crippen LogP) is 2.76. The number of piperidine rings is 1. The second-order valence-electron chi connectivity index (χ2n) is 7.11. The quantitative estimate of drug-likeness (QED) is 0.737. The van der Waals surface area contributed by atoms with Crippen LogP contribution in [0.5, 0.6) is 0 Å². The van der Waals surface area contributed by atoms with Gasteiger partial charge < -0.3 is 14.5 Å². The number of amides is 2. The minimum Gasteiger partial charge on any atom is -0.373 e. The molecule has 2 amide bonds. The standard InChI is InChI=1S/C21H28N2O3/c1-2-20(24)23-12-6-9-18(23)15-21(25)22-13-10-19(11-14-22)26-16-17-7-4-3-5-8-17/h2-5,7-8,18-19H,1,6,9-16H2. The molecule has 1 unspecified atom stereocenters. The lowest BCUT2D eigenvalue weighted by molar-refractivity contribution is -0.136.